The maximum Gasteiger partial charge on any atom is 0.242 e. The van der Waals surface area contributed by atoms with Crippen molar-refractivity contribution < 1.29 is 9.18 Å². The number of carbonyl (C=O) groups is 1. The van der Waals surface area contributed by atoms with Gasteiger partial charge in [0.25, 0.3) is 0 Å². The predicted octanol–water partition coefficient (Wildman–Crippen LogP) is 1.98. The van der Waals surface area contributed by atoms with Gasteiger partial charge in [0.15, 0.2) is 0 Å². The van der Waals surface area contributed by atoms with E-state index >= 15 is 0 Å². The Morgan fingerprint density at radius 2 is 2.11 bits per heavy atom. The third-order valence-electron chi connectivity index (χ3n) is 4.55. The third kappa shape index (κ3) is 1.94. The fourth-order valence-electron chi connectivity index (χ4n) is 3.56. The fraction of sp³-hybridized carbons (Fsp3) is 0.533. The van der Waals surface area contributed by atoms with Gasteiger partial charge in [-0.1, -0.05) is 25.0 Å². The average molecular weight is 262 g/mol. The molecule has 3 N–H and O–H groups in total. The first-order valence-corrected chi connectivity index (χ1v) is 6.99. The van der Waals surface area contributed by atoms with Crippen LogP contribution in [0.1, 0.15) is 43.2 Å². The van der Waals surface area contributed by atoms with Crippen LogP contribution < -0.4 is 11.1 Å². The first-order valence-electron chi connectivity index (χ1n) is 6.99. The molecule has 0 radical (unpaired) electrons. The van der Waals surface area contributed by atoms with Gasteiger partial charge >= 0.3 is 0 Å². The number of carbonyl (C=O) groups excluding carboxylic acids is 1. The van der Waals surface area contributed by atoms with Crippen molar-refractivity contribution in [3.63, 3.8) is 0 Å². The van der Waals surface area contributed by atoms with Crippen molar-refractivity contribution in [2.75, 3.05) is 0 Å². The van der Waals surface area contributed by atoms with Gasteiger partial charge in [0.2, 0.25) is 5.91 Å². The van der Waals surface area contributed by atoms with Crippen LogP contribution in [0.3, 0.4) is 0 Å². The highest BCUT2D eigenvalue weighted by Crippen LogP contribution is 2.39. The van der Waals surface area contributed by atoms with Crippen molar-refractivity contribution in [1.82, 2.24) is 5.32 Å². The van der Waals surface area contributed by atoms with E-state index in [4.69, 9.17) is 5.73 Å². The number of hydrogen-bond acceptors (Lipinski definition) is 2. The van der Waals surface area contributed by atoms with Crippen molar-refractivity contribution in [1.29, 1.82) is 0 Å². The third-order valence-corrected chi connectivity index (χ3v) is 4.55. The van der Waals surface area contributed by atoms with Gasteiger partial charge in [-0.05, 0) is 42.9 Å². The molecule has 0 aromatic heterocycles. The Hall–Kier alpha value is -1.42. The SMILES string of the molecule is NC(=O)C1(NC2CCCC2)CCc2c(F)cccc21. The lowest BCUT2D eigenvalue weighted by atomic mass is 9.89. The second-order valence-electron chi connectivity index (χ2n) is 5.66. The number of nitrogens with two attached hydrogens (primary N) is 1. The summed E-state index contributed by atoms with van der Waals surface area (Å²) >= 11 is 0. The highest BCUT2D eigenvalue weighted by molar-refractivity contribution is 5.87. The largest absolute Gasteiger partial charge is 0.368 e. The minimum atomic E-state index is -0.869. The molecule has 19 heavy (non-hydrogen) atoms. The van der Waals surface area contributed by atoms with Crippen molar-refractivity contribution in [2.24, 2.45) is 5.73 Å². The van der Waals surface area contributed by atoms with Gasteiger partial charge in [-0.2, -0.15) is 0 Å². The van der Waals surface area contributed by atoms with E-state index < -0.39 is 5.54 Å². The molecule has 0 heterocycles. The summed E-state index contributed by atoms with van der Waals surface area (Å²) in [6.45, 7) is 0. The van der Waals surface area contributed by atoms with Crippen molar-refractivity contribution >= 4 is 5.91 Å². The van der Waals surface area contributed by atoms with Gasteiger partial charge in [-0.25, -0.2) is 4.39 Å². The van der Waals surface area contributed by atoms with Crippen molar-refractivity contribution in [3.05, 3.63) is 35.1 Å². The van der Waals surface area contributed by atoms with Crippen LogP contribution in [0.25, 0.3) is 0 Å². The van der Waals surface area contributed by atoms with E-state index in [1.807, 2.05) is 6.07 Å². The van der Waals surface area contributed by atoms with E-state index in [9.17, 15) is 9.18 Å². The standard InChI is InChI=1S/C15H19FN2O/c16-13-7-3-6-12-11(13)8-9-15(12,14(17)19)18-10-4-1-2-5-10/h3,6-7,10,18H,1-2,4-5,8-9H2,(H2,17,19). The van der Waals surface area contributed by atoms with E-state index in [2.05, 4.69) is 5.32 Å². The number of nitrogens with one attached hydrogen (secondary N) is 1. The van der Waals surface area contributed by atoms with Gasteiger partial charge in [0, 0.05) is 6.04 Å². The van der Waals surface area contributed by atoms with Gasteiger partial charge < -0.3 is 5.73 Å². The van der Waals surface area contributed by atoms with E-state index in [0.717, 1.165) is 18.4 Å². The molecule has 0 spiro atoms. The van der Waals surface area contributed by atoms with E-state index in [1.54, 1.807) is 6.07 Å². The molecule has 102 valence electrons. The molecule has 1 amide bonds. The number of hydrogen-bond donors (Lipinski definition) is 2. The summed E-state index contributed by atoms with van der Waals surface area (Å²) in [5.41, 5.74) is 6.17. The lowest BCUT2D eigenvalue weighted by Crippen LogP contribution is -2.54. The molecule has 1 fully saturated rings. The number of amides is 1. The second kappa shape index (κ2) is 4.60. The number of rotatable bonds is 3. The molecule has 1 saturated carbocycles. The van der Waals surface area contributed by atoms with Gasteiger partial charge in [0.1, 0.15) is 11.4 Å². The quantitative estimate of drug-likeness (QED) is 0.875. The Labute approximate surface area is 112 Å². The van der Waals surface area contributed by atoms with Crippen molar-refractivity contribution in [2.45, 2.75) is 50.1 Å². The summed E-state index contributed by atoms with van der Waals surface area (Å²) in [6.07, 6.45) is 5.64. The first kappa shape index (κ1) is 12.6. The number of primary amides is 1. The lowest BCUT2D eigenvalue weighted by Gasteiger charge is -2.31. The molecular weight excluding hydrogens is 243 g/mol. The molecule has 1 atom stereocenters. The minimum absolute atomic E-state index is 0.228. The van der Waals surface area contributed by atoms with Crippen LogP contribution in [-0.4, -0.2) is 11.9 Å². The lowest BCUT2D eigenvalue weighted by molar-refractivity contribution is -0.125. The van der Waals surface area contributed by atoms with Gasteiger partial charge in [-0.15, -0.1) is 0 Å². The highest BCUT2D eigenvalue weighted by Gasteiger charge is 2.46. The summed E-state index contributed by atoms with van der Waals surface area (Å²) in [6, 6.07) is 5.26. The van der Waals surface area contributed by atoms with Crippen LogP contribution in [0.4, 0.5) is 4.39 Å². The number of benzene rings is 1. The zero-order valence-electron chi connectivity index (χ0n) is 10.9. The highest BCUT2D eigenvalue weighted by atomic mass is 19.1. The normalized spacial score (nSPS) is 26.6. The molecule has 1 unspecified atom stereocenters. The molecule has 1 aromatic carbocycles. The molecule has 0 saturated heterocycles. The monoisotopic (exact) mass is 262 g/mol. The number of halogens is 1. The zero-order chi connectivity index (χ0) is 13.5. The van der Waals surface area contributed by atoms with E-state index in [1.165, 1.54) is 18.9 Å². The number of fused-ring (bicyclic) bond motifs is 1. The molecule has 4 heteroatoms. The van der Waals surface area contributed by atoms with Gasteiger partial charge in [0.05, 0.1) is 0 Å². The molecule has 3 nitrogen and oxygen atoms in total. The molecule has 0 bridgehead atoms. The van der Waals surface area contributed by atoms with Crippen molar-refractivity contribution in [3.8, 4) is 0 Å². The minimum Gasteiger partial charge on any atom is -0.368 e. The maximum atomic E-state index is 13.8. The summed E-state index contributed by atoms with van der Waals surface area (Å²) < 4.78 is 13.8. The molecule has 2 aliphatic rings. The second-order valence-corrected chi connectivity index (χ2v) is 5.66. The Morgan fingerprint density at radius 3 is 2.79 bits per heavy atom. The van der Waals surface area contributed by atoms with Crippen LogP contribution in [0.5, 0.6) is 0 Å². The summed E-state index contributed by atoms with van der Waals surface area (Å²) in [7, 11) is 0. The Balaban J connectivity index is 1.99. The summed E-state index contributed by atoms with van der Waals surface area (Å²) in [5.74, 6) is -0.613. The molecule has 3 rings (SSSR count). The Morgan fingerprint density at radius 1 is 1.37 bits per heavy atom. The average Bonchev–Trinajstić information content (AvgIpc) is 2.99. The Bertz CT molecular complexity index is 511. The first-order chi connectivity index (χ1) is 9.13. The molecule has 2 aliphatic carbocycles. The Kier molecular flexibility index (Phi) is 3.05. The molecular formula is C15H19FN2O. The van der Waals surface area contributed by atoms with E-state index in [0.29, 0.717) is 24.4 Å². The van der Waals surface area contributed by atoms with E-state index in [-0.39, 0.29) is 11.7 Å². The van der Waals surface area contributed by atoms with Crippen LogP contribution in [0, 0.1) is 5.82 Å². The van der Waals surface area contributed by atoms with Crippen LogP contribution in [0.15, 0.2) is 18.2 Å². The zero-order valence-corrected chi connectivity index (χ0v) is 10.9. The van der Waals surface area contributed by atoms with Crippen LogP contribution in [-0.2, 0) is 16.8 Å². The molecule has 1 aromatic rings. The van der Waals surface area contributed by atoms with Crippen LogP contribution >= 0.6 is 0 Å². The molecule has 0 aliphatic heterocycles. The maximum absolute atomic E-state index is 13.8. The van der Waals surface area contributed by atoms with Crippen LogP contribution in [0.2, 0.25) is 0 Å². The smallest absolute Gasteiger partial charge is 0.242 e. The topological polar surface area (TPSA) is 55.1 Å². The summed E-state index contributed by atoms with van der Waals surface area (Å²) in [4.78, 5) is 12.0. The summed E-state index contributed by atoms with van der Waals surface area (Å²) in [5, 5.41) is 3.43. The van der Waals surface area contributed by atoms with Gasteiger partial charge in [-0.3, -0.25) is 10.1 Å². The predicted molar refractivity (Wildman–Crippen MR) is 71.0 cm³/mol. The fourth-order valence-corrected chi connectivity index (χ4v) is 3.56.